The third-order valence-corrected chi connectivity index (χ3v) is 1.75. The fraction of sp³-hybridized carbons (Fsp3) is 0.333. The molecule has 1 aromatic rings. The summed E-state index contributed by atoms with van der Waals surface area (Å²) in [7, 11) is 0. The van der Waals surface area contributed by atoms with Gasteiger partial charge in [0.05, 0.1) is 11.6 Å². The van der Waals surface area contributed by atoms with Crippen molar-refractivity contribution in [3.63, 3.8) is 0 Å². The molecule has 80 valence electrons. The minimum Gasteiger partial charge on any atom is -0.318 e. The van der Waals surface area contributed by atoms with E-state index in [1.807, 2.05) is 30.3 Å². The molecular weight excluding hydrogens is 190 g/mol. The topological polar surface area (TPSA) is 38.7 Å². The van der Waals surface area contributed by atoms with Crippen LogP contribution < -0.4 is 0 Å². The molecule has 0 aliphatic carbocycles. The highest BCUT2D eigenvalue weighted by atomic mass is 16.7. The fourth-order valence-electron chi connectivity index (χ4n) is 0.811. The van der Waals surface area contributed by atoms with E-state index < -0.39 is 5.41 Å². The highest BCUT2D eigenvalue weighted by Gasteiger charge is 2.23. The lowest BCUT2D eigenvalue weighted by molar-refractivity contribution is -0.152. The van der Waals surface area contributed by atoms with E-state index in [4.69, 9.17) is 4.84 Å². The summed E-state index contributed by atoms with van der Waals surface area (Å²) in [5, 5.41) is 3.63. The van der Waals surface area contributed by atoms with Crippen molar-refractivity contribution in [1.82, 2.24) is 0 Å². The van der Waals surface area contributed by atoms with Gasteiger partial charge in [0, 0.05) is 0 Å². The number of carbonyl (C=O) groups excluding carboxylic acids is 1. The van der Waals surface area contributed by atoms with Gasteiger partial charge in [0.1, 0.15) is 0 Å². The average Bonchev–Trinajstić information content (AvgIpc) is 2.18. The van der Waals surface area contributed by atoms with Crippen molar-refractivity contribution in [3.8, 4) is 0 Å². The Morgan fingerprint density at radius 2 is 1.87 bits per heavy atom. The van der Waals surface area contributed by atoms with Gasteiger partial charge in [-0.2, -0.15) is 0 Å². The van der Waals surface area contributed by atoms with Crippen LogP contribution in [0.5, 0.6) is 0 Å². The summed E-state index contributed by atoms with van der Waals surface area (Å²) in [6.45, 7) is 5.36. The van der Waals surface area contributed by atoms with E-state index in [9.17, 15) is 4.79 Å². The minimum atomic E-state index is -0.520. The van der Waals surface area contributed by atoms with E-state index in [1.54, 1.807) is 20.8 Å². The average molecular weight is 205 g/mol. The highest BCUT2D eigenvalue weighted by Crippen LogP contribution is 2.14. The number of nitrogens with zero attached hydrogens (tertiary/aromatic N) is 1. The molecule has 0 fully saturated rings. The molecule has 3 heteroatoms. The summed E-state index contributed by atoms with van der Waals surface area (Å²) >= 11 is 0. The van der Waals surface area contributed by atoms with Gasteiger partial charge in [0.15, 0.2) is 0 Å². The van der Waals surface area contributed by atoms with Gasteiger partial charge in [-0.1, -0.05) is 35.5 Å². The molecule has 0 radical (unpaired) electrons. The van der Waals surface area contributed by atoms with E-state index in [1.165, 1.54) is 6.21 Å². The minimum absolute atomic E-state index is 0.338. The standard InChI is InChI=1S/C12H15NO2/c1-12(2,3)11(14)15-13-9-10-7-5-4-6-8-10/h4-9H,1-3H3/b13-9-. The first-order valence-electron chi connectivity index (χ1n) is 4.80. The quantitative estimate of drug-likeness (QED) is 0.423. The molecule has 0 spiro atoms. The molecule has 0 heterocycles. The van der Waals surface area contributed by atoms with Crippen LogP contribution in [0.3, 0.4) is 0 Å². The van der Waals surface area contributed by atoms with Gasteiger partial charge < -0.3 is 4.84 Å². The molecular formula is C12H15NO2. The smallest absolute Gasteiger partial charge is 0.318 e. The Bertz CT molecular complexity index is 350. The molecule has 0 atom stereocenters. The van der Waals surface area contributed by atoms with Crippen LogP contribution >= 0.6 is 0 Å². The number of benzene rings is 1. The molecule has 0 amide bonds. The van der Waals surface area contributed by atoms with Crippen LogP contribution in [0.25, 0.3) is 0 Å². The Hall–Kier alpha value is -1.64. The largest absolute Gasteiger partial charge is 0.340 e. The van der Waals surface area contributed by atoms with Crippen molar-refractivity contribution in [1.29, 1.82) is 0 Å². The molecule has 1 rings (SSSR count). The Labute approximate surface area is 89.7 Å². The maximum atomic E-state index is 11.3. The van der Waals surface area contributed by atoms with Crippen molar-refractivity contribution in [2.45, 2.75) is 20.8 Å². The second kappa shape index (κ2) is 4.73. The van der Waals surface area contributed by atoms with Gasteiger partial charge in [0.2, 0.25) is 0 Å². The Morgan fingerprint density at radius 1 is 1.27 bits per heavy atom. The number of hydrogen-bond acceptors (Lipinski definition) is 3. The molecule has 0 aliphatic rings. The van der Waals surface area contributed by atoms with E-state index in [2.05, 4.69) is 5.16 Å². The van der Waals surface area contributed by atoms with Crippen LogP contribution in [0, 0.1) is 5.41 Å². The van der Waals surface area contributed by atoms with Crippen molar-refractivity contribution < 1.29 is 9.63 Å². The SMILES string of the molecule is CC(C)(C)C(=O)O/N=C\c1ccccc1. The highest BCUT2D eigenvalue weighted by molar-refractivity contribution is 5.80. The van der Waals surface area contributed by atoms with Gasteiger partial charge in [-0.05, 0) is 26.3 Å². The molecule has 0 unspecified atom stereocenters. The summed E-state index contributed by atoms with van der Waals surface area (Å²) in [6.07, 6.45) is 1.52. The monoisotopic (exact) mass is 205 g/mol. The molecule has 1 aromatic carbocycles. The number of carbonyl (C=O) groups is 1. The number of hydrogen-bond donors (Lipinski definition) is 0. The lowest BCUT2D eigenvalue weighted by atomic mass is 9.98. The van der Waals surface area contributed by atoms with Crippen molar-refractivity contribution in [2.24, 2.45) is 10.6 Å². The van der Waals surface area contributed by atoms with Crippen LogP contribution in [0.2, 0.25) is 0 Å². The normalized spacial score (nSPS) is 11.7. The predicted octanol–water partition coefficient (Wildman–Crippen LogP) is 2.61. The molecule has 0 bridgehead atoms. The summed E-state index contributed by atoms with van der Waals surface area (Å²) in [4.78, 5) is 16.1. The zero-order valence-corrected chi connectivity index (χ0v) is 9.23. The molecule has 0 aromatic heterocycles. The summed E-state index contributed by atoms with van der Waals surface area (Å²) in [5.41, 5.74) is 0.382. The molecule has 3 nitrogen and oxygen atoms in total. The summed E-state index contributed by atoms with van der Waals surface area (Å²) < 4.78 is 0. The van der Waals surface area contributed by atoms with Crippen LogP contribution in [-0.2, 0) is 9.63 Å². The first kappa shape index (κ1) is 11.4. The van der Waals surface area contributed by atoms with Gasteiger partial charge in [-0.15, -0.1) is 0 Å². The van der Waals surface area contributed by atoms with Gasteiger partial charge in [0.25, 0.3) is 0 Å². The number of rotatable bonds is 2. The molecule has 0 N–H and O–H groups in total. The Balaban J connectivity index is 2.51. The Kier molecular flexibility index (Phi) is 3.61. The second-order valence-corrected chi connectivity index (χ2v) is 4.27. The van der Waals surface area contributed by atoms with E-state index >= 15 is 0 Å². The van der Waals surface area contributed by atoms with Crippen LogP contribution in [0.1, 0.15) is 26.3 Å². The Morgan fingerprint density at radius 3 is 2.40 bits per heavy atom. The predicted molar refractivity (Wildman–Crippen MR) is 59.6 cm³/mol. The van der Waals surface area contributed by atoms with Gasteiger partial charge >= 0.3 is 5.97 Å². The van der Waals surface area contributed by atoms with Crippen molar-refractivity contribution in [3.05, 3.63) is 35.9 Å². The van der Waals surface area contributed by atoms with E-state index in [0.29, 0.717) is 0 Å². The van der Waals surface area contributed by atoms with Crippen molar-refractivity contribution in [2.75, 3.05) is 0 Å². The zero-order chi connectivity index (χ0) is 11.3. The second-order valence-electron chi connectivity index (χ2n) is 4.27. The summed E-state index contributed by atoms with van der Waals surface area (Å²) in [6, 6.07) is 9.47. The summed E-state index contributed by atoms with van der Waals surface area (Å²) in [5.74, 6) is -0.338. The fourth-order valence-corrected chi connectivity index (χ4v) is 0.811. The van der Waals surface area contributed by atoms with Gasteiger partial charge in [-0.25, -0.2) is 4.79 Å². The lowest BCUT2D eigenvalue weighted by Crippen LogP contribution is -2.21. The third-order valence-electron chi connectivity index (χ3n) is 1.75. The van der Waals surface area contributed by atoms with Crippen LogP contribution in [-0.4, -0.2) is 12.2 Å². The third kappa shape index (κ3) is 3.94. The first-order valence-corrected chi connectivity index (χ1v) is 4.80. The van der Waals surface area contributed by atoms with Gasteiger partial charge in [-0.3, -0.25) is 0 Å². The van der Waals surface area contributed by atoms with E-state index in [-0.39, 0.29) is 5.97 Å². The number of oxime groups is 1. The molecule has 0 saturated carbocycles. The zero-order valence-electron chi connectivity index (χ0n) is 9.23. The van der Waals surface area contributed by atoms with Crippen LogP contribution in [0.15, 0.2) is 35.5 Å². The molecule has 15 heavy (non-hydrogen) atoms. The molecule has 0 aliphatic heterocycles. The van der Waals surface area contributed by atoms with Crippen molar-refractivity contribution >= 4 is 12.2 Å². The lowest BCUT2D eigenvalue weighted by Gasteiger charge is -2.12. The first-order chi connectivity index (χ1) is 7.00. The van der Waals surface area contributed by atoms with E-state index in [0.717, 1.165) is 5.56 Å². The maximum absolute atomic E-state index is 11.3. The maximum Gasteiger partial charge on any atom is 0.340 e. The van der Waals surface area contributed by atoms with Crippen LogP contribution in [0.4, 0.5) is 0 Å². The molecule has 0 saturated heterocycles.